The number of hydrogen-bond donors (Lipinski definition) is 0. The van der Waals surface area contributed by atoms with Crippen LogP contribution in [0, 0.1) is 23.1 Å². The number of sulfone groups is 1. The molecule has 1 aliphatic rings. The van der Waals surface area contributed by atoms with Crippen LogP contribution >= 0.6 is 0 Å². The lowest BCUT2D eigenvalue weighted by atomic mass is 9.95. The lowest BCUT2D eigenvalue weighted by molar-refractivity contribution is 0.0232. The number of benzene rings is 2. The molecule has 5 rings (SSSR count). The van der Waals surface area contributed by atoms with E-state index >= 15 is 8.78 Å². The number of ether oxygens (including phenoxy) is 3. The van der Waals surface area contributed by atoms with Crippen LogP contribution in [0.1, 0.15) is 87.1 Å². The molecule has 0 aliphatic carbocycles. The van der Waals surface area contributed by atoms with Crippen LogP contribution in [0.3, 0.4) is 0 Å². The quantitative estimate of drug-likeness (QED) is 0.0700. The molecule has 1 saturated heterocycles. The molecular weight excluding hydrogens is 757 g/mol. The number of amides is 1. The number of hydrogen-bond acceptors (Lipinski definition) is 10. The topological polar surface area (TPSA) is 124 Å². The normalized spacial score (nSPS) is 14.4. The van der Waals surface area contributed by atoms with E-state index in [1.165, 1.54) is 29.4 Å². The summed E-state index contributed by atoms with van der Waals surface area (Å²) in [6, 6.07) is 6.15. The summed E-state index contributed by atoms with van der Waals surface area (Å²) >= 11 is 0. The van der Waals surface area contributed by atoms with Crippen molar-refractivity contribution < 1.29 is 36.2 Å². The summed E-state index contributed by atoms with van der Waals surface area (Å²) in [5.74, 6) is 1.98. The fourth-order valence-electron chi connectivity index (χ4n) is 7.77. The van der Waals surface area contributed by atoms with Crippen LogP contribution in [-0.4, -0.2) is 81.4 Å². The fourth-order valence-corrected chi connectivity index (χ4v) is 13.5. The van der Waals surface area contributed by atoms with Crippen LogP contribution < -0.4 is 9.75 Å². The minimum absolute atomic E-state index is 0.0156. The van der Waals surface area contributed by atoms with Gasteiger partial charge in [-0.2, -0.15) is 4.98 Å². The van der Waals surface area contributed by atoms with Crippen molar-refractivity contribution in [2.75, 3.05) is 38.3 Å². The number of nitrogens with zero attached hydrogens (tertiary/aromatic N) is 5. The van der Waals surface area contributed by atoms with E-state index in [0.29, 0.717) is 29.4 Å². The third-order valence-electron chi connectivity index (χ3n) is 10.3. The van der Waals surface area contributed by atoms with Gasteiger partial charge < -0.3 is 14.2 Å². The number of fused-ring (bicyclic) bond motifs is 2. The number of carbonyl (C=O) groups excluding carboxylic acids is 1. The number of carbonyl (C=O) groups is 1. The zero-order chi connectivity index (χ0) is 41.3. The van der Waals surface area contributed by atoms with E-state index in [1.807, 2.05) is 0 Å². The highest BCUT2D eigenvalue weighted by atomic mass is 32.2. The van der Waals surface area contributed by atoms with Crippen LogP contribution in [-0.2, 0) is 19.3 Å². The van der Waals surface area contributed by atoms with E-state index in [-0.39, 0.29) is 70.0 Å². The number of halogens is 2. The highest BCUT2D eigenvalue weighted by Crippen LogP contribution is 2.42. The number of rotatable bonds is 9. The molecule has 0 N–H and O–H groups in total. The van der Waals surface area contributed by atoms with Gasteiger partial charge in [0.05, 0.1) is 10.9 Å². The smallest absolute Gasteiger partial charge is 0.429 e. The predicted molar refractivity (Wildman–Crippen MR) is 218 cm³/mol. The lowest BCUT2D eigenvalue weighted by Crippen LogP contribution is -2.49. The molecule has 0 spiro atoms. The Morgan fingerprint density at radius 2 is 1.64 bits per heavy atom. The van der Waals surface area contributed by atoms with E-state index < -0.39 is 46.4 Å². The summed E-state index contributed by atoms with van der Waals surface area (Å²) < 4.78 is 76.4. The summed E-state index contributed by atoms with van der Waals surface area (Å²) in [5.41, 5.74) is 3.27. The van der Waals surface area contributed by atoms with Gasteiger partial charge in [-0.1, -0.05) is 53.5 Å². The number of methoxy groups -OCH3 is 1. The van der Waals surface area contributed by atoms with Gasteiger partial charge in [0.1, 0.15) is 36.5 Å². The molecule has 1 aliphatic heterocycles. The second-order valence-electron chi connectivity index (χ2n) is 16.3. The average Bonchev–Trinajstić information content (AvgIpc) is 3.36. The molecule has 15 heteroatoms. The molecule has 4 aromatic rings. The van der Waals surface area contributed by atoms with Crippen molar-refractivity contribution in [3.05, 3.63) is 47.7 Å². The number of pyridine rings is 1. The molecule has 0 atom stereocenters. The molecule has 2 aromatic heterocycles. The summed E-state index contributed by atoms with van der Waals surface area (Å²) in [6.45, 7) is 18.6. The van der Waals surface area contributed by atoms with Crippen LogP contribution in [0.15, 0.2) is 35.6 Å². The SMILES string of the molecule is COCOc1cc(-c2ncc3c(N4CCCCCN4C(=O)OC(C)(C)C)nc(S(C)(=O)=O)nc3c2F)c2c(C#C[Si](C(C)C)(C(C)C)C(C)C)c(F)ccc2c1. The zero-order valence-electron chi connectivity index (χ0n) is 34.2. The van der Waals surface area contributed by atoms with E-state index in [4.69, 9.17) is 14.2 Å². The van der Waals surface area contributed by atoms with Crippen molar-refractivity contribution in [1.82, 2.24) is 20.0 Å². The van der Waals surface area contributed by atoms with Gasteiger partial charge in [0.25, 0.3) is 0 Å². The first-order chi connectivity index (χ1) is 26.2. The van der Waals surface area contributed by atoms with Crippen LogP contribution in [0.25, 0.3) is 32.9 Å². The standard InChI is InChI=1S/C41H53F2N5O6SSi/c1-25(2)56(26(3)4,27(5)6)20-17-30-33(42)16-15-28-21-29(53-24-52-10)22-31(34(28)30)36-35(43)37-32(23-44-36)38(46-39(45-37)55(11,50)51)47-18-13-12-14-19-48(47)40(49)54-41(7,8)9/h15-16,21-23,25-27H,12-14,18-19,24H2,1-11H3. The minimum Gasteiger partial charge on any atom is -0.468 e. The van der Waals surface area contributed by atoms with Crippen LogP contribution in [0.5, 0.6) is 5.75 Å². The zero-order valence-corrected chi connectivity index (χ0v) is 36.0. The molecule has 1 amide bonds. The third-order valence-corrected chi connectivity index (χ3v) is 17.4. The van der Waals surface area contributed by atoms with Gasteiger partial charge in [-0.05, 0) is 80.2 Å². The van der Waals surface area contributed by atoms with E-state index in [0.717, 1.165) is 12.7 Å². The van der Waals surface area contributed by atoms with Gasteiger partial charge in [-0.25, -0.2) is 32.0 Å². The Morgan fingerprint density at radius 3 is 2.25 bits per heavy atom. The summed E-state index contributed by atoms with van der Waals surface area (Å²) in [7, 11) is -4.98. The highest BCUT2D eigenvalue weighted by molar-refractivity contribution is 7.90. The largest absolute Gasteiger partial charge is 0.468 e. The fraction of sp³-hybridized carbons (Fsp3) is 0.512. The van der Waals surface area contributed by atoms with E-state index in [9.17, 15) is 13.2 Å². The van der Waals surface area contributed by atoms with Gasteiger partial charge in [-0.15, -0.1) is 5.54 Å². The summed E-state index contributed by atoms with van der Waals surface area (Å²) in [4.78, 5) is 26.8. The molecule has 302 valence electrons. The van der Waals surface area contributed by atoms with Gasteiger partial charge in [0, 0.05) is 43.6 Å². The highest BCUT2D eigenvalue weighted by Gasteiger charge is 2.42. The molecular formula is C41H53F2N5O6SSi. The molecule has 0 saturated carbocycles. The van der Waals surface area contributed by atoms with Crippen LogP contribution in [0.2, 0.25) is 16.6 Å². The molecule has 1 fully saturated rings. The minimum atomic E-state index is -4.10. The summed E-state index contributed by atoms with van der Waals surface area (Å²) in [5, 5.41) is 3.15. The Bertz CT molecular complexity index is 2280. The van der Waals surface area contributed by atoms with Crippen molar-refractivity contribution in [3.63, 3.8) is 0 Å². The lowest BCUT2D eigenvalue weighted by Gasteiger charge is -2.38. The van der Waals surface area contributed by atoms with E-state index in [2.05, 4.69) is 68.0 Å². The molecule has 0 bridgehead atoms. The first kappa shape index (κ1) is 42.7. The average molecular weight is 810 g/mol. The number of hydrazine groups is 1. The molecule has 0 unspecified atom stereocenters. The Balaban J connectivity index is 1.85. The van der Waals surface area contributed by atoms with Gasteiger partial charge >= 0.3 is 6.09 Å². The molecule has 3 heterocycles. The summed E-state index contributed by atoms with van der Waals surface area (Å²) in [6.07, 6.45) is 3.68. The molecule has 11 nitrogen and oxygen atoms in total. The maximum Gasteiger partial charge on any atom is 0.429 e. The second kappa shape index (κ2) is 16.6. The monoisotopic (exact) mass is 809 g/mol. The van der Waals surface area contributed by atoms with Crippen molar-refractivity contribution >= 4 is 51.5 Å². The Morgan fingerprint density at radius 1 is 0.982 bits per heavy atom. The van der Waals surface area contributed by atoms with Crippen molar-refractivity contribution in [3.8, 4) is 28.5 Å². The third kappa shape index (κ3) is 8.62. The first-order valence-electron chi connectivity index (χ1n) is 19.0. The van der Waals surface area contributed by atoms with E-state index in [1.54, 1.807) is 39.0 Å². The molecule has 2 aromatic carbocycles. The van der Waals surface area contributed by atoms with Crippen molar-refractivity contribution in [2.24, 2.45) is 0 Å². The Kier molecular flexibility index (Phi) is 12.7. The van der Waals surface area contributed by atoms with Crippen molar-refractivity contribution in [2.45, 2.75) is 109 Å². The maximum atomic E-state index is 17.4. The molecule has 56 heavy (non-hydrogen) atoms. The van der Waals surface area contributed by atoms with Gasteiger partial charge in [0.15, 0.2) is 18.4 Å². The number of anilines is 1. The molecule has 0 radical (unpaired) electrons. The maximum absolute atomic E-state index is 17.4. The van der Waals surface area contributed by atoms with Gasteiger partial charge in [-0.3, -0.25) is 9.99 Å². The Labute approximate surface area is 330 Å². The predicted octanol–water partition coefficient (Wildman–Crippen LogP) is 9.22. The number of aromatic nitrogens is 3. The second-order valence-corrected chi connectivity index (χ2v) is 23.8. The van der Waals surface area contributed by atoms with Crippen molar-refractivity contribution in [1.29, 1.82) is 0 Å². The Hall–Kier alpha value is -4.39. The van der Waals surface area contributed by atoms with Crippen LogP contribution in [0.4, 0.5) is 19.4 Å². The first-order valence-corrected chi connectivity index (χ1v) is 23.1. The van der Waals surface area contributed by atoms with Gasteiger partial charge in [0.2, 0.25) is 15.0 Å².